The Morgan fingerprint density at radius 3 is 2.59 bits per heavy atom. The molecule has 34 heavy (non-hydrogen) atoms. The Hall–Kier alpha value is -2.35. The van der Waals surface area contributed by atoms with Gasteiger partial charge < -0.3 is 15.0 Å². The fraction of sp³-hybridized carbons (Fsp3) is 0.462. The van der Waals surface area contributed by atoms with Gasteiger partial charge in [0.15, 0.2) is 5.13 Å². The van der Waals surface area contributed by atoms with Crippen LogP contribution in [0.5, 0.6) is 5.75 Å². The zero-order valence-electron chi connectivity index (χ0n) is 20.0. The van der Waals surface area contributed by atoms with Gasteiger partial charge in [0.2, 0.25) is 0 Å². The summed E-state index contributed by atoms with van der Waals surface area (Å²) in [6, 6.07) is 11.4. The third kappa shape index (κ3) is 6.20. The molecule has 1 aromatic heterocycles. The van der Waals surface area contributed by atoms with Crippen molar-refractivity contribution < 1.29 is 9.53 Å². The van der Waals surface area contributed by atoms with Gasteiger partial charge in [0.05, 0.1) is 21.8 Å². The summed E-state index contributed by atoms with van der Waals surface area (Å²) in [5, 5.41) is 4.85. The Kier molecular flexibility index (Phi) is 8.64. The van der Waals surface area contributed by atoms with Gasteiger partial charge in [0.25, 0.3) is 5.91 Å². The molecular formula is C26H33ClN4O2S. The highest BCUT2D eigenvalue weighted by molar-refractivity contribution is 7.22. The van der Waals surface area contributed by atoms with E-state index in [1.807, 2.05) is 36.4 Å². The standard InChI is InChI=1S/C26H33ClN4O2S/c1-3-4-5-18-33-21-9-7-20(8-10-21)25(32)28-12-13-30-14-16-31(17-15-30)26-29-23-19(2)6-11-22(27)24(23)34-26/h6-11H,3-5,12-18H2,1-2H3,(H,28,32). The van der Waals surface area contributed by atoms with Crippen LogP contribution in [0.2, 0.25) is 5.02 Å². The predicted octanol–water partition coefficient (Wildman–Crippen LogP) is 5.38. The number of nitrogens with one attached hydrogen (secondary N) is 1. The minimum Gasteiger partial charge on any atom is -0.494 e. The molecule has 0 unspecified atom stereocenters. The van der Waals surface area contributed by atoms with Crippen molar-refractivity contribution in [1.29, 1.82) is 0 Å². The fourth-order valence-electron chi connectivity index (χ4n) is 4.06. The van der Waals surface area contributed by atoms with E-state index in [9.17, 15) is 4.79 Å². The van der Waals surface area contributed by atoms with Crippen molar-refractivity contribution in [2.24, 2.45) is 0 Å². The molecule has 4 rings (SSSR count). The van der Waals surface area contributed by atoms with Crippen LogP contribution in [0.4, 0.5) is 5.13 Å². The zero-order chi connectivity index (χ0) is 23.9. The second-order valence-electron chi connectivity index (χ2n) is 8.70. The normalized spacial score (nSPS) is 14.5. The number of fused-ring (bicyclic) bond motifs is 1. The van der Waals surface area contributed by atoms with Crippen LogP contribution in [-0.4, -0.2) is 61.7 Å². The van der Waals surface area contributed by atoms with Gasteiger partial charge in [-0.3, -0.25) is 9.69 Å². The van der Waals surface area contributed by atoms with Crippen LogP contribution in [0, 0.1) is 6.92 Å². The number of unbranched alkanes of at least 4 members (excludes halogenated alkanes) is 2. The molecule has 1 N–H and O–H groups in total. The van der Waals surface area contributed by atoms with Crippen molar-refractivity contribution in [1.82, 2.24) is 15.2 Å². The Labute approximate surface area is 210 Å². The van der Waals surface area contributed by atoms with Gasteiger partial charge in [-0.05, 0) is 49.2 Å². The van der Waals surface area contributed by atoms with Crippen LogP contribution in [0.15, 0.2) is 36.4 Å². The number of amides is 1. The number of nitrogens with zero attached hydrogens (tertiary/aromatic N) is 3. The number of halogens is 1. The van der Waals surface area contributed by atoms with Crippen molar-refractivity contribution in [3.05, 3.63) is 52.5 Å². The molecule has 0 saturated carbocycles. The molecule has 1 amide bonds. The van der Waals surface area contributed by atoms with Crippen LogP contribution in [0.3, 0.4) is 0 Å². The quantitative estimate of drug-likeness (QED) is 0.379. The Bertz CT molecular complexity index is 1060. The van der Waals surface area contributed by atoms with Gasteiger partial charge in [-0.25, -0.2) is 4.98 Å². The van der Waals surface area contributed by atoms with E-state index in [4.69, 9.17) is 21.3 Å². The van der Waals surface area contributed by atoms with Crippen molar-refractivity contribution >= 4 is 44.2 Å². The first-order valence-electron chi connectivity index (χ1n) is 12.1. The lowest BCUT2D eigenvalue weighted by molar-refractivity contribution is 0.0947. The van der Waals surface area contributed by atoms with Crippen LogP contribution in [-0.2, 0) is 0 Å². The van der Waals surface area contributed by atoms with Gasteiger partial charge in [0.1, 0.15) is 5.75 Å². The highest BCUT2D eigenvalue weighted by atomic mass is 35.5. The third-order valence-corrected chi connectivity index (χ3v) is 7.75. The molecule has 182 valence electrons. The molecule has 1 saturated heterocycles. The lowest BCUT2D eigenvalue weighted by atomic mass is 10.2. The largest absolute Gasteiger partial charge is 0.494 e. The van der Waals surface area contributed by atoms with E-state index in [-0.39, 0.29) is 5.91 Å². The van der Waals surface area contributed by atoms with Crippen LogP contribution < -0.4 is 15.0 Å². The zero-order valence-corrected chi connectivity index (χ0v) is 21.6. The minimum atomic E-state index is -0.0436. The van der Waals surface area contributed by atoms with E-state index in [0.29, 0.717) is 12.1 Å². The summed E-state index contributed by atoms with van der Waals surface area (Å²) in [5.74, 6) is 0.772. The average molecular weight is 501 g/mol. The first kappa shape index (κ1) is 24.8. The number of benzene rings is 2. The number of rotatable bonds is 10. The van der Waals surface area contributed by atoms with Crippen molar-refractivity contribution in [2.45, 2.75) is 33.1 Å². The Morgan fingerprint density at radius 1 is 1.12 bits per heavy atom. The number of anilines is 1. The fourth-order valence-corrected chi connectivity index (χ4v) is 5.43. The van der Waals surface area contributed by atoms with Crippen molar-refractivity contribution in [3.63, 3.8) is 0 Å². The second-order valence-corrected chi connectivity index (χ2v) is 10.1. The van der Waals surface area contributed by atoms with Crippen molar-refractivity contribution in [3.8, 4) is 5.75 Å². The number of piperazine rings is 1. The van der Waals surface area contributed by atoms with E-state index in [2.05, 4.69) is 29.0 Å². The van der Waals surface area contributed by atoms with Crippen LogP contribution in [0.25, 0.3) is 10.2 Å². The summed E-state index contributed by atoms with van der Waals surface area (Å²) in [4.78, 5) is 22.0. The summed E-state index contributed by atoms with van der Waals surface area (Å²) in [6.45, 7) is 10.2. The molecule has 1 fully saturated rings. The van der Waals surface area contributed by atoms with Gasteiger partial charge in [-0.1, -0.05) is 48.8 Å². The number of hydrogen-bond acceptors (Lipinski definition) is 6. The number of carbonyl (C=O) groups excluding carboxylic acids is 1. The molecule has 0 atom stereocenters. The number of ether oxygens (including phenoxy) is 1. The van der Waals surface area contributed by atoms with E-state index in [1.165, 1.54) is 12.8 Å². The lowest BCUT2D eigenvalue weighted by Gasteiger charge is -2.34. The highest BCUT2D eigenvalue weighted by Crippen LogP contribution is 2.35. The minimum absolute atomic E-state index is 0.0436. The Balaban J connectivity index is 1.19. The Morgan fingerprint density at radius 2 is 1.88 bits per heavy atom. The summed E-state index contributed by atoms with van der Waals surface area (Å²) in [6.07, 6.45) is 3.41. The summed E-state index contributed by atoms with van der Waals surface area (Å²) in [7, 11) is 0. The molecule has 0 aliphatic carbocycles. The van der Waals surface area contributed by atoms with Gasteiger partial charge in [0, 0.05) is 44.8 Å². The monoisotopic (exact) mass is 500 g/mol. The predicted molar refractivity (Wildman–Crippen MR) is 142 cm³/mol. The molecule has 1 aliphatic heterocycles. The highest BCUT2D eigenvalue weighted by Gasteiger charge is 2.21. The van der Waals surface area contributed by atoms with E-state index >= 15 is 0 Å². The second kappa shape index (κ2) is 11.9. The molecule has 1 aliphatic rings. The first-order chi connectivity index (χ1) is 16.5. The van der Waals surface area contributed by atoms with E-state index in [1.54, 1.807) is 11.3 Å². The summed E-state index contributed by atoms with van der Waals surface area (Å²) < 4.78 is 6.79. The number of aryl methyl sites for hydroxylation is 1. The molecule has 3 aromatic rings. The molecular weight excluding hydrogens is 468 g/mol. The molecule has 8 heteroatoms. The van der Waals surface area contributed by atoms with Gasteiger partial charge in [-0.15, -0.1) is 0 Å². The van der Waals surface area contributed by atoms with Crippen molar-refractivity contribution in [2.75, 3.05) is 50.8 Å². The van der Waals surface area contributed by atoms with E-state index < -0.39 is 0 Å². The maximum absolute atomic E-state index is 12.5. The maximum atomic E-state index is 12.5. The molecule has 6 nitrogen and oxygen atoms in total. The summed E-state index contributed by atoms with van der Waals surface area (Å²) >= 11 is 8.04. The molecule has 2 aromatic carbocycles. The topological polar surface area (TPSA) is 57.7 Å². The molecule has 2 heterocycles. The number of hydrogen-bond donors (Lipinski definition) is 1. The number of thiazole rings is 1. The number of aromatic nitrogens is 1. The lowest BCUT2D eigenvalue weighted by Crippen LogP contribution is -2.48. The maximum Gasteiger partial charge on any atom is 0.251 e. The molecule has 0 spiro atoms. The third-order valence-electron chi connectivity index (χ3n) is 6.18. The van der Waals surface area contributed by atoms with Crippen LogP contribution >= 0.6 is 22.9 Å². The number of carbonyl (C=O) groups is 1. The van der Waals surface area contributed by atoms with Crippen LogP contribution in [0.1, 0.15) is 42.1 Å². The molecule has 0 bridgehead atoms. The molecule has 0 radical (unpaired) electrons. The smallest absolute Gasteiger partial charge is 0.251 e. The van der Waals surface area contributed by atoms with Gasteiger partial charge in [-0.2, -0.15) is 0 Å². The first-order valence-corrected chi connectivity index (χ1v) is 13.3. The van der Waals surface area contributed by atoms with Gasteiger partial charge >= 0.3 is 0 Å². The average Bonchev–Trinajstić information content (AvgIpc) is 3.32. The van der Waals surface area contributed by atoms with E-state index in [0.717, 1.165) is 77.4 Å². The SMILES string of the molecule is CCCCCOc1ccc(C(=O)NCCN2CCN(c3nc4c(C)ccc(Cl)c4s3)CC2)cc1. The summed E-state index contributed by atoms with van der Waals surface area (Å²) in [5.41, 5.74) is 2.83.